The van der Waals surface area contributed by atoms with Gasteiger partial charge in [0, 0.05) is 41.1 Å². The summed E-state index contributed by atoms with van der Waals surface area (Å²) in [6.45, 7) is 7.73. The first-order valence-corrected chi connectivity index (χ1v) is 8.33. The summed E-state index contributed by atoms with van der Waals surface area (Å²) in [7, 11) is 0. The van der Waals surface area contributed by atoms with E-state index in [1.165, 1.54) is 10.9 Å². The van der Waals surface area contributed by atoms with Crippen LogP contribution in [0.4, 0.5) is 5.82 Å². The molecule has 3 N–H and O–H groups in total. The van der Waals surface area contributed by atoms with Crippen molar-refractivity contribution in [1.29, 1.82) is 0 Å². The molecule has 0 aliphatic carbocycles. The first-order chi connectivity index (χ1) is 10.2. The Morgan fingerprint density at radius 3 is 2.71 bits per heavy atom. The number of nitrogen functional groups attached to an aromatic ring is 1. The molecule has 2 heterocycles. The third kappa shape index (κ3) is 3.31. The topological polar surface area (TPSA) is 54.2 Å². The Bertz CT molecular complexity index is 621. The summed E-state index contributed by atoms with van der Waals surface area (Å²) in [5.74, 6) is 6.45. The van der Waals surface area contributed by atoms with Crippen LogP contribution in [-0.2, 0) is 6.54 Å². The van der Waals surface area contributed by atoms with Crippen LogP contribution in [-0.4, -0.2) is 33.5 Å². The van der Waals surface area contributed by atoms with Gasteiger partial charge >= 0.3 is 0 Å². The first-order valence-electron chi connectivity index (χ1n) is 7.39. The van der Waals surface area contributed by atoms with Gasteiger partial charge in [0.25, 0.3) is 0 Å². The molecule has 0 amide bonds. The molecule has 4 nitrogen and oxygen atoms in total. The number of anilines is 1. The molecular formula is C16H22N4S. The fourth-order valence-corrected chi connectivity index (χ4v) is 4.45. The largest absolute Gasteiger partial charge is 0.308 e. The fraction of sp³-hybridized carbons (Fsp3) is 0.438. The van der Waals surface area contributed by atoms with Gasteiger partial charge in [-0.25, -0.2) is 10.8 Å². The number of aromatic nitrogens is 1. The molecule has 2 unspecified atom stereocenters. The lowest BCUT2D eigenvalue weighted by atomic mass is 10.1. The molecule has 0 spiro atoms. The third-order valence-electron chi connectivity index (χ3n) is 3.83. The molecule has 1 aliphatic heterocycles. The highest BCUT2D eigenvalue weighted by atomic mass is 32.2. The van der Waals surface area contributed by atoms with Crippen molar-refractivity contribution in [3.8, 4) is 0 Å². The first kappa shape index (κ1) is 14.6. The van der Waals surface area contributed by atoms with Gasteiger partial charge in [0.05, 0.1) is 5.52 Å². The van der Waals surface area contributed by atoms with Gasteiger partial charge in [0.15, 0.2) is 0 Å². The normalized spacial score (nSPS) is 23.4. The number of para-hydroxylation sites is 1. The van der Waals surface area contributed by atoms with E-state index in [-0.39, 0.29) is 0 Å². The van der Waals surface area contributed by atoms with E-state index in [0.29, 0.717) is 10.5 Å². The van der Waals surface area contributed by atoms with Crippen molar-refractivity contribution in [3.63, 3.8) is 0 Å². The average molecular weight is 302 g/mol. The highest BCUT2D eigenvalue weighted by Gasteiger charge is 2.23. The molecule has 2 aromatic rings. The van der Waals surface area contributed by atoms with Crippen LogP contribution in [0.5, 0.6) is 0 Å². The van der Waals surface area contributed by atoms with E-state index < -0.39 is 0 Å². The van der Waals surface area contributed by atoms with Gasteiger partial charge in [0.1, 0.15) is 5.82 Å². The van der Waals surface area contributed by atoms with Gasteiger partial charge in [0.2, 0.25) is 0 Å². The second-order valence-corrected chi connectivity index (χ2v) is 7.67. The van der Waals surface area contributed by atoms with Crippen LogP contribution in [0.15, 0.2) is 30.3 Å². The van der Waals surface area contributed by atoms with Crippen molar-refractivity contribution in [2.45, 2.75) is 30.9 Å². The van der Waals surface area contributed by atoms with Crippen LogP contribution < -0.4 is 11.3 Å². The Morgan fingerprint density at radius 1 is 1.29 bits per heavy atom. The maximum absolute atomic E-state index is 5.67. The number of rotatable bonds is 3. The van der Waals surface area contributed by atoms with Gasteiger partial charge in [-0.15, -0.1) is 0 Å². The molecule has 1 fully saturated rings. The molecule has 21 heavy (non-hydrogen) atoms. The Hall–Kier alpha value is -1.30. The minimum absolute atomic E-state index is 0.677. The van der Waals surface area contributed by atoms with Crippen molar-refractivity contribution in [2.75, 3.05) is 18.5 Å². The zero-order chi connectivity index (χ0) is 14.8. The maximum atomic E-state index is 5.67. The molecule has 1 aliphatic rings. The smallest absolute Gasteiger partial charge is 0.145 e. The number of nitrogens with one attached hydrogen (secondary N) is 1. The van der Waals surface area contributed by atoms with Crippen LogP contribution in [0.3, 0.4) is 0 Å². The molecular weight excluding hydrogens is 280 g/mol. The monoisotopic (exact) mass is 302 g/mol. The Morgan fingerprint density at radius 2 is 2.00 bits per heavy atom. The lowest BCUT2D eigenvalue weighted by molar-refractivity contribution is 0.263. The second kappa shape index (κ2) is 6.22. The number of pyridine rings is 1. The minimum atomic E-state index is 0.677. The zero-order valence-electron chi connectivity index (χ0n) is 12.5. The zero-order valence-corrected chi connectivity index (χ0v) is 13.4. The van der Waals surface area contributed by atoms with Crippen LogP contribution in [0.1, 0.15) is 19.4 Å². The molecule has 3 rings (SSSR count). The van der Waals surface area contributed by atoms with E-state index in [2.05, 4.69) is 53.1 Å². The number of nitrogens with zero attached hydrogens (tertiary/aromatic N) is 2. The lowest BCUT2D eigenvalue weighted by Crippen LogP contribution is -2.40. The van der Waals surface area contributed by atoms with Gasteiger partial charge < -0.3 is 5.43 Å². The average Bonchev–Trinajstić information content (AvgIpc) is 2.45. The maximum Gasteiger partial charge on any atom is 0.145 e. The summed E-state index contributed by atoms with van der Waals surface area (Å²) in [5.41, 5.74) is 4.90. The van der Waals surface area contributed by atoms with E-state index in [1.807, 2.05) is 18.2 Å². The minimum Gasteiger partial charge on any atom is -0.308 e. The number of benzene rings is 1. The number of hydrogen-bond acceptors (Lipinski definition) is 5. The Balaban J connectivity index is 1.88. The SMILES string of the molecule is CC1CN(Cc2cc3ccccc3nc2NN)CC(C)S1. The van der Waals surface area contributed by atoms with Crippen LogP contribution in [0.2, 0.25) is 0 Å². The molecule has 5 heteroatoms. The van der Waals surface area contributed by atoms with Crippen molar-refractivity contribution in [2.24, 2.45) is 5.84 Å². The van der Waals surface area contributed by atoms with Gasteiger partial charge in [-0.05, 0) is 12.1 Å². The van der Waals surface area contributed by atoms with Crippen LogP contribution >= 0.6 is 11.8 Å². The predicted molar refractivity (Wildman–Crippen MR) is 91.3 cm³/mol. The molecule has 0 bridgehead atoms. The van der Waals surface area contributed by atoms with E-state index in [9.17, 15) is 0 Å². The summed E-state index contributed by atoms with van der Waals surface area (Å²) < 4.78 is 0. The van der Waals surface area contributed by atoms with Crippen molar-refractivity contribution < 1.29 is 0 Å². The molecule has 1 saturated heterocycles. The quantitative estimate of drug-likeness (QED) is 0.674. The highest BCUT2D eigenvalue weighted by molar-refractivity contribution is 8.00. The van der Waals surface area contributed by atoms with Gasteiger partial charge in [-0.3, -0.25) is 4.90 Å². The Kier molecular flexibility index (Phi) is 4.33. The number of thioether (sulfide) groups is 1. The van der Waals surface area contributed by atoms with E-state index in [1.54, 1.807) is 0 Å². The summed E-state index contributed by atoms with van der Waals surface area (Å²) in [6.07, 6.45) is 0. The van der Waals surface area contributed by atoms with Crippen molar-refractivity contribution >= 4 is 28.5 Å². The van der Waals surface area contributed by atoms with Crippen molar-refractivity contribution in [1.82, 2.24) is 9.88 Å². The van der Waals surface area contributed by atoms with Gasteiger partial charge in [-0.1, -0.05) is 32.0 Å². The van der Waals surface area contributed by atoms with Gasteiger partial charge in [-0.2, -0.15) is 11.8 Å². The van der Waals surface area contributed by atoms with Crippen LogP contribution in [0.25, 0.3) is 10.9 Å². The summed E-state index contributed by atoms with van der Waals surface area (Å²) in [4.78, 5) is 7.13. The number of hydrazine groups is 1. The predicted octanol–water partition coefficient (Wildman–Crippen LogP) is 2.85. The lowest BCUT2D eigenvalue weighted by Gasteiger charge is -2.34. The third-order valence-corrected chi connectivity index (χ3v) is 5.06. The number of hydrogen-bond donors (Lipinski definition) is 2. The number of nitrogens with two attached hydrogens (primary N) is 1. The summed E-state index contributed by atoms with van der Waals surface area (Å²) in [5, 5.41) is 2.52. The molecule has 2 atom stereocenters. The fourth-order valence-electron chi connectivity index (χ4n) is 3.06. The molecule has 0 saturated carbocycles. The van der Waals surface area contributed by atoms with Crippen molar-refractivity contribution in [3.05, 3.63) is 35.9 Å². The standard InChI is InChI=1S/C16H22N4S/c1-11-8-20(9-12(2)21-11)10-14-7-13-5-3-4-6-15(13)18-16(14)19-17/h3-7,11-12H,8-10,17H2,1-2H3,(H,18,19). The second-order valence-electron chi connectivity index (χ2n) is 5.78. The van der Waals surface area contributed by atoms with E-state index >= 15 is 0 Å². The van der Waals surface area contributed by atoms with E-state index in [4.69, 9.17) is 5.84 Å². The molecule has 0 radical (unpaired) electrons. The summed E-state index contributed by atoms with van der Waals surface area (Å²) >= 11 is 2.07. The molecule has 1 aromatic carbocycles. The summed E-state index contributed by atoms with van der Waals surface area (Å²) in [6, 6.07) is 10.4. The molecule has 1 aromatic heterocycles. The number of fused-ring (bicyclic) bond motifs is 1. The Labute approximate surface area is 130 Å². The molecule has 112 valence electrons. The van der Waals surface area contributed by atoms with Crippen LogP contribution in [0, 0.1) is 0 Å². The van der Waals surface area contributed by atoms with E-state index in [0.717, 1.165) is 31.0 Å². The highest BCUT2D eigenvalue weighted by Crippen LogP contribution is 2.27.